The van der Waals surface area contributed by atoms with Crippen molar-refractivity contribution >= 4 is 79.2 Å². The van der Waals surface area contributed by atoms with E-state index in [2.05, 4.69) is 195 Å². The Morgan fingerprint density at radius 2 is 0.828 bits per heavy atom. The highest BCUT2D eigenvalue weighted by molar-refractivity contribution is 7.00. The Morgan fingerprint density at radius 1 is 0.438 bits per heavy atom. The molecule has 0 radical (unpaired) electrons. The molecule has 0 spiro atoms. The average Bonchev–Trinajstić information content (AvgIpc) is 3.88. The average molecular weight is 835 g/mol. The number of para-hydroxylation sites is 2. The molecule has 7 aromatic carbocycles. The molecule has 4 nitrogen and oxygen atoms in total. The Balaban J connectivity index is 1.25. The molecule has 9 aromatic rings. The van der Waals surface area contributed by atoms with Gasteiger partial charge in [0.15, 0.2) is 0 Å². The van der Waals surface area contributed by atoms with Gasteiger partial charge in [-0.15, -0.1) is 0 Å². The zero-order chi connectivity index (χ0) is 44.6. The second-order valence-electron chi connectivity index (χ2n) is 20.6. The third-order valence-corrected chi connectivity index (χ3v) is 14.0. The molecular weight excluding hydrogens is 779 g/mol. The van der Waals surface area contributed by atoms with Gasteiger partial charge >= 0.3 is 0 Å². The van der Waals surface area contributed by atoms with Crippen LogP contribution in [0.4, 0.5) is 34.1 Å². The van der Waals surface area contributed by atoms with Gasteiger partial charge in [-0.3, -0.25) is 0 Å². The largest absolute Gasteiger partial charge is 0.464 e. The lowest BCUT2D eigenvalue weighted by molar-refractivity contribution is 0.589. The van der Waals surface area contributed by atoms with Crippen LogP contribution in [0.5, 0.6) is 0 Å². The van der Waals surface area contributed by atoms with Gasteiger partial charge in [-0.25, -0.2) is 0 Å². The number of anilines is 6. The van der Waals surface area contributed by atoms with Crippen LogP contribution in [0, 0.1) is 34.6 Å². The van der Waals surface area contributed by atoms with E-state index in [4.69, 9.17) is 8.83 Å². The minimum absolute atomic E-state index is 0.0181. The molecule has 5 heteroatoms. The van der Waals surface area contributed by atoms with Gasteiger partial charge < -0.3 is 18.6 Å². The molecule has 0 saturated heterocycles. The minimum Gasteiger partial charge on any atom is -0.464 e. The topological polar surface area (TPSA) is 32.8 Å². The Bertz CT molecular complexity index is 3120. The monoisotopic (exact) mass is 834 g/mol. The fourth-order valence-electron chi connectivity index (χ4n) is 10.8. The summed E-state index contributed by atoms with van der Waals surface area (Å²) >= 11 is 0. The van der Waals surface area contributed by atoms with E-state index in [-0.39, 0.29) is 17.5 Å². The van der Waals surface area contributed by atoms with Crippen molar-refractivity contribution in [3.05, 3.63) is 173 Å². The first-order chi connectivity index (χ1) is 30.6. The smallest absolute Gasteiger partial charge is 0.252 e. The molecular formula is C59H55BN2O2. The molecule has 2 aliphatic heterocycles. The van der Waals surface area contributed by atoms with Crippen molar-refractivity contribution in [2.24, 2.45) is 0 Å². The van der Waals surface area contributed by atoms with E-state index < -0.39 is 0 Å². The summed E-state index contributed by atoms with van der Waals surface area (Å²) in [6.45, 7) is 25.2. The van der Waals surface area contributed by atoms with Crippen LogP contribution in [0.1, 0.15) is 80.5 Å². The molecule has 4 heterocycles. The standard InChI is InChI=1S/C59H55BN2O2/c1-34-24-51-55-52(25-34)62(57-37(4)28-42(29-38(57)5)59(9,10)11)50-23-21-40(46-33-64-54-19-15-13-17-44(46)54)31-48(50)60(55)47-30-39(45-32-63-53-18-14-12-16-43(45)53)20-22-49(47)61(51)56-35(2)26-41(27-36(56)3)58(6,7)8/h12-33H,1-11H3. The molecule has 64 heavy (non-hydrogen) atoms. The van der Waals surface area contributed by atoms with Crippen molar-refractivity contribution < 1.29 is 8.83 Å². The quantitative estimate of drug-likeness (QED) is 0.165. The summed E-state index contributed by atoms with van der Waals surface area (Å²) in [7, 11) is 0. The van der Waals surface area contributed by atoms with Crippen molar-refractivity contribution in [2.75, 3.05) is 9.80 Å². The number of rotatable bonds is 4. The van der Waals surface area contributed by atoms with Crippen LogP contribution in [0.25, 0.3) is 44.2 Å². The number of hydrogen-bond acceptors (Lipinski definition) is 4. The summed E-state index contributed by atoms with van der Waals surface area (Å²) in [6.07, 6.45) is 3.86. The van der Waals surface area contributed by atoms with Crippen LogP contribution in [0.2, 0.25) is 0 Å². The third-order valence-electron chi connectivity index (χ3n) is 14.0. The molecule has 2 aliphatic rings. The summed E-state index contributed by atoms with van der Waals surface area (Å²) < 4.78 is 12.4. The summed E-state index contributed by atoms with van der Waals surface area (Å²) in [5.41, 5.74) is 26.4. The maximum atomic E-state index is 6.20. The van der Waals surface area contributed by atoms with E-state index in [0.29, 0.717) is 0 Å². The third kappa shape index (κ3) is 6.11. The number of hydrogen-bond donors (Lipinski definition) is 0. The fraction of sp³-hybridized carbons (Fsp3) is 0.220. The van der Waals surface area contributed by atoms with Crippen molar-refractivity contribution in [2.45, 2.75) is 87.0 Å². The van der Waals surface area contributed by atoms with E-state index in [0.717, 1.165) is 44.2 Å². The Labute approximate surface area is 378 Å². The highest BCUT2D eigenvalue weighted by Gasteiger charge is 2.45. The molecule has 0 saturated carbocycles. The lowest BCUT2D eigenvalue weighted by Crippen LogP contribution is -2.61. The van der Waals surface area contributed by atoms with Crippen LogP contribution in [0.15, 0.2) is 143 Å². The Kier molecular flexibility index (Phi) is 8.86. The van der Waals surface area contributed by atoms with E-state index >= 15 is 0 Å². The van der Waals surface area contributed by atoms with Gasteiger partial charge in [0.25, 0.3) is 6.71 Å². The molecule has 11 rings (SSSR count). The number of furan rings is 2. The van der Waals surface area contributed by atoms with Crippen molar-refractivity contribution in [3.8, 4) is 22.3 Å². The van der Waals surface area contributed by atoms with Gasteiger partial charge in [0.2, 0.25) is 0 Å². The molecule has 0 atom stereocenters. The van der Waals surface area contributed by atoms with E-state index in [1.54, 1.807) is 0 Å². The summed E-state index contributed by atoms with van der Waals surface area (Å²) in [5, 5.41) is 2.23. The number of nitrogens with zero attached hydrogens (tertiary/aromatic N) is 2. The predicted molar refractivity (Wildman–Crippen MR) is 272 cm³/mol. The predicted octanol–water partition coefficient (Wildman–Crippen LogP) is 14.7. The summed E-state index contributed by atoms with van der Waals surface area (Å²) in [5.74, 6) is 0. The van der Waals surface area contributed by atoms with Crippen LogP contribution in [0.3, 0.4) is 0 Å². The summed E-state index contributed by atoms with van der Waals surface area (Å²) in [6, 6.07) is 45.5. The maximum absolute atomic E-state index is 6.20. The van der Waals surface area contributed by atoms with Crippen molar-refractivity contribution in [1.29, 1.82) is 0 Å². The SMILES string of the molecule is Cc1cc2c3c(c1)N(c1c(C)cc(C(C)(C)C)cc1C)c1ccc(-c4coc5ccccc45)cc1B3c1cc(-c3coc4ccccc34)ccc1N2c1c(C)cc(C(C)(C)C)cc1C. The highest BCUT2D eigenvalue weighted by atomic mass is 16.3. The normalized spacial score (nSPS) is 13.5. The second kappa shape index (κ2) is 14.1. The van der Waals surface area contributed by atoms with Gasteiger partial charge in [0.1, 0.15) is 11.2 Å². The molecule has 0 unspecified atom stereocenters. The first-order valence-electron chi connectivity index (χ1n) is 22.8. The summed E-state index contributed by atoms with van der Waals surface area (Å²) in [4.78, 5) is 5.18. The van der Waals surface area contributed by atoms with Crippen molar-refractivity contribution in [3.63, 3.8) is 0 Å². The Hall–Kier alpha value is -6.72. The second-order valence-corrected chi connectivity index (χ2v) is 20.6. The van der Waals surface area contributed by atoms with Crippen molar-refractivity contribution in [1.82, 2.24) is 0 Å². The lowest BCUT2D eigenvalue weighted by atomic mass is 9.33. The minimum atomic E-state index is -0.0803. The molecule has 2 aromatic heterocycles. The van der Waals surface area contributed by atoms with Crippen LogP contribution in [-0.4, -0.2) is 6.71 Å². The molecule has 0 aliphatic carbocycles. The molecule has 316 valence electrons. The van der Waals surface area contributed by atoms with Crippen LogP contribution < -0.4 is 26.2 Å². The molecule has 0 bridgehead atoms. The van der Waals surface area contributed by atoms with E-state index in [9.17, 15) is 0 Å². The van der Waals surface area contributed by atoms with E-state index in [1.807, 2.05) is 24.7 Å². The van der Waals surface area contributed by atoms with Crippen LogP contribution >= 0.6 is 0 Å². The Morgan fingerprint density at radius 3 is 1.22 bits per heavy atom. The van der Waals surface area contributed by atoms with Gasteiger partial charge in [-0.05, 0) is 148 Å². The number of fused-ring (bicyclic) bond motifs is 6. The zero-order valence-electron chi connectivity index (χ0n) is 39.0. The van der Waals surface area contributed by atoms with E-state index in [1.165, 1.54) is 89.5 Å². The fourth-order valence-corrected chi connectivity index (χ4v) is 10.8. The van der Waals surface area contributed by atoms with Gasteiger partial charge in [-0.1, -0.05) is 126 Å². The first-order valence-corrected chi connectivity index (χ1v) is 22.8. The molecule has 0 fully saturated rings. The van der Waals surface area contributed by atoms with Gasteiger partial charge in [-0.2, -0.15) is 0 Å². The van der Waals surface area contributed by atoms with Crippen LogP contribution in [-0.2, 0) is 10.8 Å². The molecule has 0 amide bonds. The number of benzene rings is 7. The zero-order valence-corrected chi connectivity index (χ0v) is 39.0. The van der Waals surface area contributed by atoms with Gasteiger partial charge in [0, 0.05) is 44.6 Å². The lowest BCUT2D eigenvalue weighted by Gasteiger charge is -2.46. The highest BCUT2D eigenvalue weighted by Crippen LogP contribution is 2.49. The number of aryl methyl sites for hydroxylation is 5. The first kappa shape index (κ1) is 40.1. The molecule has 0 N–H and O–H groups in total. The maximum Gasteiger partial charge on any atom is 0.252 e. The van der Waals surface area contributed by atoms with Gasteiger partial charge in [0.05, 0.1) is 23.9 Å².